The summed E-state index contributed by atoms with van der Waals surface area (Å²) in [6.45, 7) is 5.72. The molecular weight excluding hydrogens is 503 g/mol. The van der Waals surface area contributed by atoms with E-state index in [2.05, 4.69) is 33.9 Å². The van der Waals surface area contributed by atoms with Crippen molar-refractivity contribution in [2.75, 3.05) is 30.4 Å². The summed E-state index contributed by atoms with van der Waals surface area (Å²) >= 11 is 0. The van der Waals surface area contributed by atoms with Crippen molar-refractivity contribution in [1.29, 1.82) is 0 Å². The quantitative estimate of drug-likeness (QED) is 0.222. The third-order valence-electron chi connectivity index (χ3n) is 7.12. The lowest BCUT2D eigenvalue weighted by atomic mass is 9.97. The van der Waals surface area contributed by atoms with Crippen molar-refractivity contribution in [3.63, 3.8) is 0 Å². The third-order valence-corrected chi connectivity index (χ3v) is 7.12. The van der Waals surface area contributed by atoms with Crippen LogP contribution < -0.4 is 15.0 Å². The maximum atomic E-state index is 14.0. The molecule has 4 aromatic rings. The summed E-state index contributed by atoms with van der Waals surface area (Å²) in [5, 5.41) is 3.37. The summed E-state index contributed by atoms with van der Waals surface area (Å²) in [6, 6.07) is 20.5. The van der Waals surface area contributed by atoms with Crippen LogP contribution in [0.25, 0.3) is 11.3 Å². The number of allylic oxidation sites excluding steroid dienone is 1. The predicted octanol–water partition coefficient (Wildman–Crippen LogP) is 6.91. The molecule has 1 saturated heterocycles. The average Bonchev–Trinajstić information content (AvgIpc) is 2.98. The number of ether oxygens (including phenoxy) is 1. The maximum absolute atomic E-state index is 14.0. The number of anilines is 3. The average molecular weight is 537 g/mol. The Morgan fingerprint density at radius 1 is 1.05 bits per heavy atom. The molecule has 1 aliphatic rings. The summed E-state index contributed by atoms with van der Waals surface area (Å²) in [7, 11) is 1.58. The topological polar surface area (TPSA) is 67.4 Å². The summed E-state index contributed by atoms with van der Waals surface area (Å²) in [5.74, 6) is 0.677. The van der Waals surface area contributed by atoms with Gasteiger partial charge in [-0.1, -0.05) is 24.8 Å². The van der Waals surface area contributed by atoms with Gasteiger partial charge < -0.3 is 15.0 Å². The number of methoxy groups -OCH3 is 1. The number of halogens is 1. The Morgan fingerprint density at radius 2 is 1.88 bits per heavy atom. The zero-order valence-electron chi connectivity index (χ0n) is 22.7. The number of benzene rings is 3. The van der Waals surface area contributed by atoms with Crippen LogP contribution in [0.15, 0.2) is 85.6 Å². The van der Waals surface area contributed by atoms with Crippen molar-refractivity contribution in [1.82, 2.24) is 9.97 Å². The number of hydrogen-bond donors (Lipinski definition) is 1. The van der Waals surface area contributed by atoms with Gasteiger partial charge in [0.15, 0.2) is 5.78 Å². The summed E-state index contributed by atoms with van der Waals surface area (Å²) in [4.78, 5) is 24.1. The predicted molar refractivity (Wildman–Crippen MR) is 158 cm³/mol. The Balaban J connectivity index is 1.51. The molecule has 0 aliphatic carbocycles. The minimum Gasteiger partial charge on any atom is -0.496 e. The second-order valence-electron chi connectivity index (χ2n) is 9.97. The van der Waals surface area contributed by atoms with Gasteiger partial charge in [-0.05, 0) is 79.4 Å². The first kappa shape index (κ1) is 27.1. The van der Waals surface area contributed by atoms with Crippen LogP contribution in [-0.2, 0) is 17.6 Å². The zero-order valence-corrected chi connectivity index (χ0v) is 22.7. The largest absolute Gasteiger partial charge is 0.496 e. The Hall–Kier alpha value is -4.52. The van der Waals surface area contributed by atoms with Crippen molar-refractivity contribution in [2.45, 2.75) is 32.1 Å². The fraction of sp³-hybridized carbons (Fsp3) is 0.242. The second kappa shape index (κ2) is 12.6. The van der Waals surface area contributed by atoms with Gasteiger partial charge in [0.05, 0.1) is 12.8 Å². The van der Waals surface area contributed by atoms with Gasteiger partial charge in [0, 0.05) is 60.2 Å². The van der Waals surface area contributed by atoms with E-state index in [1.165, 1.54) is 43.2 Å². The molecule has 1 aliphatic heterocycles. The van der Waals surface area contributed by atoms with Gasteiger partial charge in [-0.15, -0.1) is 0 Å². The fourth-order valence-corrected chi connectivity index (χ4v) is 5.10. The highest BCUT2D eigenvalue weighted by Gasteiger charge is 2.16. The second-order valence-corrected chi connectivity index (χ2v) is 9.97. The van der Waals surface area contributed by atoms with Crippen LogP contribution in [0.2, 0.25) is 0 Å². The number of ketones is 1. The molecule has 0 bridgehead atoms. The van der Waals surface area contributed by atoms with Crippen LogP contribution in [0.5, 0.6) is 5.75 Å². The van der Waals surface area contributed by atoms with Crippen molar-refractivity contribution in [2.24, 2.45) is 0 Å². The summed E-state index contributed by atoms with van der Waals surface area (Å²) in [6.07, 6.45) is 7.40. The van der Waals surface area contributed by atoms with Gasteiger partial charge in [0.25, 0.3) is 0 Å². The first-order chi connectivity index (χ1) is 19.5. The molecular formula is C33H33FN4O2. The number of hydrogen-bond acceptors (Lipinski definition) is 6. The molecule has 6 nitrogen and oxygen atoms in total. The zero-order chi connectivity index (χ0) is 27.9. The molecule has 0 unspecified atom stereocenters. The van der Waals surface area contributed by atoms with Crippen molar-refractivity contribution in [3.8, 4) is 17.0 Å². The normalized spacial score (nSPS) is 13.1. The fourth-order valence-electron chi connectivity index (χ4n) is 5.10. The smallest absolute Gasteiger partial charge is 0.227 e. The Bertz CT molecular complexity index is 1510. The minimum atomic E-state index is -0.290. The number of carbonyl (C=O) groups excluding carboxylic acids is 1. The van der Waals surface area contributed by atoms with Crippen molar-refractivity contribution < 1.29 is 13.9 Å². The molecule has 0 atom stereocenters. The van der Waals surface area contributed by atoms with Gasteiger partial charge in [-0.2, -0.15) is 0 Å². The van der Waals surface area contributed by atoms with E-state index in [0.29, 0.717) is 23.8 Å². The molecule has 0 saturated carbocycles. The molecule has 1 fully saturated rings. The first-order valence-corrected chi connectivity index (χ1v) is 13.6. The molecule has 1 N–H and O–H groups in total. The highest BCUT2D eigenvalue weighted by atomic mass is 19.1. The van der Waals surface area contributed by atoms with Crippen LogP contribution in [0.3, 0.4) is 0 Å². The van der Waals surface area contributed by atoms with E-state index in [1.54, 1.807) is 19.4 Å². The molecule has 7 heteroatoms. The molecule has 0 spiro atoms. The lowest BCUT2D eigenvalue weighted by molar-refractivity contribution is -0.114. The molecule has 204 valence electrons. The molecule has 0 radical (unpaired) electrons. The lowest BCUT2D eigenvalue weighted by Crippen LogP contribution is -2.29. The molecule has 3 aromatic carbocycles. The molecule has 1 aromatic heterocycles. The number of rotatable bonds is 10. The van der Waals surface area contributed by atoms with Gasteiger partial charge in [0.1, 0.15) is 11.6 Å². The minimum absolute atomic E-state index is 0.103. The molecule has 40 heavy (non-hydrogen) atoms. The van der Waals surface area contributed by atoms with E-state index in [0.717, 1.165) is 41.0 Å². The number of carbonyl (C=O) groups is 1. The standard InChI is InChI=1S/C33H33FN4O2/c1-3-30(39)20-25-19-24(13-14-31(25)40-2)32-26(17-23-9-7-10-27(34)18-23)22-35-33(37-32)36-28-11-8-12-29(21-28)38-15-5-4-6-16-38/h3,7-14,18-19,21-22H,1,4-6,15-17,20H2,2H3,(H,35,36,37). The lowest BCUT2D eigenvalue weighted by Gasteiger charge is -2.29. The summed E-state index contributed by atoms with van der Waals surface area (Å²) in [5.41, 5.74) is 5.98. The van der Waals surface area contributed by atoms with Crippen LogP contribution in [0, 0.1) is 5.82 Å². The molecule has 5 rings (SSSR count). The van der Waals surface area contributed by atoms with Crippen molar-refractivity contribution in [3.05, 3.63) is 108 Å². The summed E-state index contributed by atoms with van der Waals surface area (Å²) < 4.78 is 19.5. The number of nitrogens with zero attached hydrogens (tertiary/aromatic N) is 3. The molecule has 2 heterocycles. The Kier molecular flexibility index (Phi) is 8.50. The van der Waals surface area contributed by atoms with Gasteiger partial charge >= 0.3 is 0 Å². The van der Waals surface area contributed by atoms with E-state index in [9.17, 15) is 9.18 Å². The highest BCUT2D eigenvalue weighted by Crippen LogP contribution is 2.31. The maximum Gasteiger partial charge on any atom is 0.227 e. The Morgan fingerprint density at radius 3 is 2.65 bits per heavy atom. The highest BCUT2D eigenvalue weighted by molar-refractivity contribution is 5.91. The van der Waals surface area contributed by atoms with Crippen LogP contribution >= 0.6 is 0 Å². The van der Waals surface area contributed by atoms with E-state index in [-0.39, 0.29) is 18.0 Å². The van der Waals surface area contributed by atoms with E-state index < -0.39 is 0 Å². The third kappa shape index (κ3) is 6.54. The first-order valence-electron chi connectivity index (χ1n) is 13.6. The number of aromatic nitrogens is 2. The number of nitrogens with one attached hydrogen (secondary N) is 1. The van der Waals surface area contributed by atoms with Gasteiger partial charge in [0.2, 0.25) is 5.95 Å². The number of piperidine rings is 1. The van der Waals surface area contributed by atoms with Crippen LogP contribution in [-0.4, -0.2) is 36.0 Å². The van der Waals surface area contributed by atoms with Gasteiger partial charge in [-0.25, -0.2) is 14.4 Å². The van der Waals surface area contributed by atoms with Crippen molar-refractivity contribution >= 4 is 23.1 Å². The molecule has 0 amide bonds. The SMILES string of the molecule is C=CC(=O)Cc1cc(-c2nc(Nc3cccc(N4CCCCC4)c3)ncc2Cc2cccc(F)c2)ccc1OC. The monoisotopic (exact) mass is 536 g/mol. The van der Waals surface area contributed by atoms with E-state index in [1.807, 2.05) is 36.4 Å². The Labute approximate surface area is 234 Å². The van der Waals surface area contributed by atoms with Crippen LogP contribution in [0.1, 0.15) is 36.0 Å². The van der Waals surface area contributed by atoms with E-state index in [4.69, 9.17) is 9.72 Å². The van der Waals surface area contributed by atoms with E-state index >= 15 is 0 Å². The van der Waals surface area contributed by atoms with Gasteiger partial charge in [-0.3, -0.25) is 4.79 Å². The van der Waals surface area contributed by atoms with Crippen LogP contribution in [0.4, 0.5) is 21.7 Å².